The van der Waals surface area contributed by atoms with Gasteiger partial charge in [0.1, 0.15) is 12.4 Å². The van der Waals surface area contributed by atoms with Crippen LogP contribution in [0, 0.1) is 0 Å². The van der Waals surface area contributed by atoms with E-state index in [1.165, 1.54) is 0 Å². The van der Waals surface area contributed by atoms with Gasteiger partial charge in [0.05, 0.1) is 6.54 Å². The molecule has 0 aliphatic heterocycles. The molecule has 0 heterocycles. The Balaban J connectivity index is 2.73. The fraction of sp³-hybridized carbons (Fsp3) is 0.400. The third-order valence-electron chi connectivity index (χ3n) is 2.43. The summed E-state index contributed by atoms with van der Waals surface area (Å²) in [4.78, 5) is 4.53. The molecule has 0 saturated heterocycles. The Kier molecular flexibility index (Phi) is 7.17. The van der Waals surface area contributed by atoms with Crippen LogP contribution in [0.3, 0.4) is 0 Å². The van der Waals surface area contributed by atoms with Crippen LogP contribution in [0.1, 0.15) is 19.4 Å². The first-order chi connectivity index (χ1) is 9.31. The zero-order chi connectivity index (χ0) is 13.9. The summed E-state index contributed by atoms with van der Waals surface area (Å²) in [6.07, 6.45) is 1.74. The van der Waals surface area contributed by atoms with Crippen molar-refractivity contribution in [2.75, 3.05) is 19.7 Å². The third kappa shape index (κ3) is 5.46. The van der Waals surface area contributed by atoms with Crippen LogP contribution in [0.5, 0.6) is 5.75 Å². The van der Waals surface area contributed by atoms with Crippen molar-refractivity contribution in [3.05, 3.63) is 42.5 Å². The molecule has 2 N–H and O–H groups in total. The maximum absolute atomic E-state index is 5.61. The minimum absolute atomic E-state index is 0.508. The van der Waals surface area contributed by atoms with Gasteiger partial charge in [-0.3, -0.25) is 0 Å². The fourth-order valence-electron chi connectivity index (χ4n) is 1.60. The predicted octanol–water partition coefficient (Wildman–Crippen LogP) is 2.33. The first kappa shape index (κ1) is 15.1. The van der Waals surface area contributed by atoms with Crippen molar-refractivity contribution in [1.29, 1.82) is 0 Å². The Morgan fingerprint density at radius 2 is 1.95 bits per heavy atom. The normalized spacial score (nSPS) is 9.58. The lowest BCUT2D eigenvalue weighted by Crippen LogP contribution is -2.36. The molecule has 1 aromatic rings. The molecule has 4 heteroatoms. The first-order valence-electron chi connectivity index (χ1n) is 6.65. The molecular formula is C15H23N3O. The van der Waals surface area contributed by atoms with E-state index in [9.17, 15) is 0 Å². The van der Waals surface area contributed by atoms with E-state index in [0.29, 0.717) is 13.2 Å². The van der Waals surface area contributed by atoms with Gasteiger partial charge in [-0.05, 0) is 19.9 Å². The number of rotatable bonds is 7. The van der Waals surface area contributed by atoms with Gasteiger partial charge in [0.15, 0.2) is 5.96 Å². The number of ether oxygens (including phenoxy) is 1. The topological polar surface area (TPSA) is 45.6 Å². The van der Waals surface area contributed by atoms with E-state index in [2.05, 4.69) is 22.2 Å². The van der Waals surface area contributed by atoms with Crippen molar-refractivity contribution < 1.29 is 4.74 Å². The molecule has 0 aliphatic rings. The molecule has 0 spiro atoms. The second kappa shape index (κ2) is 9.03. The van der Waals surface area contributed by atoms with Crippen LogP contribution in [-0.4, -0.2) is 25.7 Å². The quantitative estimate of drug-likeness (QED) is 0.450. The second-order valence-electron chi connectivity index (χ2n) is 3.93. The predicted molar refractivity (Wildman–Crippen MR) is 80.6 cm³/mol. The minimum Gasteiger partial charge on any atom is -0.489 e. The van der Waals surface area contributed by atoms with Gasteiger partial charge in [-0.25, -0.2) is 4.99 Å². The van der Waals surface area contributed by atoms with Gasteiger partial charge < -0.3 is 15.4 Å². The van der Waals surface area contributed by atoms with Gasteiger partial charge in [-0.2, -0.15) is 0 Å². The van der Waals surface area contributed by atoms with Crippen LogP contribution in [0.4, 0.5) is 0 Å². The zero-order valence-electron chi connectivity index (χ0n) is 11.8. The van der Waals surface area contributed by atoms with Crippen molar-refractivity contribution >= 4 is 5.96 Å². The summed E-state index contributed by atoms with van der Waals surface area (Å²) in [6, 6.07) is 7.93. The number of nitrogens with zero attached hydrogens (tertiary/aromatic N) is 1. The van der Waals surface area contributed by atoms with Crippen molar-refractivity contribution in [3.63, 3.8) is 0 Å². The summed E-state index contributed by atoms with van der Waals surface area (Å²) in [5, 5.41) is 6.40. The number of guanidine groups is 1. The number of benzene rings is 1. The van der Waals surface area contributed by atoms with Crippen molar-refractivity contribution in [2.24, 2.45) is 4.99 Å². The van der Waals surface area contributed by atoms with E-state index in [1.54, 1.807) is 6.08 Å². The molecule has 1 aromatic carbocycles. The molecule has 0 unspecified atom stereocenters. The van der Waals surface area contributed by atoms with Gasteiger partial charge >= 0.3 is 0 Å². The van der Waals surface area contributed by atoms with Crippen LogP contribution in [0.2, 0.25) is 0 Å². The fourth-order valence-corrected chi connectivity index (χ4v) is 1.60. The van der Waals surface area contributed by atoms with Gasteiger partial charge in [-0.15, -0.1) is 0 Å². The van der Waals surface area contributed by atoms with Crippen LogP contribution >= 0.6 is 0 Å². The molecule has 104 valence electrons. The Morgan fingerprint density at radius 1 is 1.26 bits per heavy atom. The van der Waals surface area contributed by atoms with E-state index >= 15 is 0 Å². The second-order valence-corrected chi connectivity index (χ2v) is 3.93. The number of aliphatic imine (C=N–C) groups is 1. The van der Waals surface area contributed by atoms with E-state index < -0.39 is 0 Å². The highest BCUT2D eigenvalue weighted by Crippen LogP contribution is 2.18. The maximum Gasteiger partial charge on any atom is 0.191 e. The zero-order valence-corrected chi connectivity index (χ0v) is 11.8. The lowest BCUT2D eigenvalue weighted by atomic mass is 10.2. The van der Waals surface area contributed by atoms with Gasteiger partial charge in [-0.1, -0.05) is 30.9 Å². The molecule has 0 atom stereocenters. The molecule has 0 fully saturated rings. The number of hydrogen-bond donors (Lipinski definition) is 2. The number of hydrogen-bond acceptors (Lipinski definition) is 2. The van der Waals surface area contributed by atoms with E-state index in [1.807, 2.05) is 38.1 Å². The molecule has 19 heavy (non-hydrogen) atoms. The molecule has 0 radical (unpaired) electrons. The smallest absolute Gasteiger partial charge is 0.191 e. The summed E-state index contributed by atoms with van der Waals surface area (Å²) in [5.74, 6) is 1.68. The van der Waals surface area contributed by atoms with E-state index in [4.69, 9.17) is 4.74 Å². The van der Waals surface area contributed by atoms with Gasteiger partial charge in [0, 0.05) is 18.7 Å². The van der Waals surface area contributed by atoms with Gasteiger partial charge in [0.2, 0.25) is 0 Å². The van der Waals surface area contributed by atoms with Crippen LogP contribution in [-0.2, 0) is 6.54 Å². The molecule has 1 rings (SSSR count). The Bertz CT molecular complexity index is 408. The summed E-state index contributed by atoms with van der Waals surface area (Å²) in [7, 11) is 0. The average molecular weight is 261 g/mol. The van der Waals surface area contributed by atoms with Crippen molar-refractivity contribution in [1.82, 2.24) is 10.6 Å². The molecule has 0 aliphatic carbocycles. The number of para-hydroxylation sites is 1. The standard InChI is InChI=1S/C15H23N3O/c1-4-11-19-14-10-8-7-9-13(14)12-18-15(16-5-2)17-6-3/h4,7-10H,1,5-6,11-12H2,2-3H3,(H2,16,17,18). The highest BCUT2D eigenvalue weighted by atomic mass is 16.5. The van der Waals surface area contributed by atoms with Crippen LogP contribution in [0.15, 0.2) is 41.9 Å². The van der Waals surface area contributed by atoms with E-state index in [0.717, 1.165) is 30.4 Å². The molecule has 0 aromatic heterocycles. The SMILES string of the molecule is C=CCOc1ccccc1CN=C(NCC)NCC. The lowest BCUT2D eigenvalue weighted by molar-refractivity contribution is 0.359. The molecule has 0 saturated carbocycles. The first-order valence-corrected chi connectivity index (χ1v) is 6.65. The lowest BCUT2D eigenvalue weighted by Gasteiger charge is -2.11. The van der Waals surface area contributed by atoms with Crippen LogP contribution in [0.25, 0.3) is 0 Å². The number of nitrogens with one attached hydrogen (secondary N) is 2. The largest absolute Gasteiger partial charge is 0.489 e. The molecule has 0 amide bonds. The van der Waals surface area contributed by atoms with Crippen molar-refractivity contribution in [2.45, 2.75) is 20.4 Å². The van der Waals surface area contributed by atoms with Crippen molar-refractivity contribution in [3.8, 4) is 5.75 Å². The highest BCUT2D eigenvalue weighted by Gasteiger charge is 2.02. The molecule has 0 bridgehead atoms. The summed E-state index contributed by atoms with van der Waals surface area (Å²) in [6.45, 7) is 10.5. The maximum atomic E-state index is 5.61. The van der Waals surface area contributed by atoms with Gasteiger partial charge in [0.25, 0.3) is 0 Å². The molecular weight excluding hydrogens is 238 g/mol. The summed E-state index contributed by atoms with van der Waals surface area (Å²) < 4.78 is 5.61. The monoisotopic (exact) mass is 261 g/mol. The van der Waals surface area contributed by atoms with Crippen LogP contribution < -0.4 is 15.4 Å². The minimum atomic E-state index is 0.508. The third-order valence-corrected chi connectivity index (χ3v) is 2.43. The Labute approximate surface area is 115 Å². The average Bonchev–Trinajstić information content (AvgIpc) is 2.44. The Morgan fingerprint density at radius 3 is 2.58 bits per heavy atom. The highest BCUT2D eigenvalue weighted by molar-refractivity contribution is 5.79. The summed E-state index contributed by atoms with van der Waals surface area (Å²) >= 11 is 0. The summed E-state index contributed by atoms with van der Waals surface area (Å²) in [5.41, 5.74) is 1.07. The molecule has 4 nitrogen and oxygen atoms in total. The van der Waals surface area contributed by atoms with E-state index in [-0.39, 0.29) is 0 Å². The Hall–Kier alpha value is -1.97.